The molecule has 2 heteroatoms. The van der Waals surface area contributed by atoms with Crippen LogP contribution in [-0.4, -0.2) is 17.8 Å². The SMILES string of the molecule is CCOc1ccc(/C=C/C[C@@H](C)[C@@H](C)O)cc1. The lowest BCUT2D eigenvalue weighted by Crippen LogP contribution is -2.11. The van der Waals surface area contributed by atoms with E-state index < -0.39 is 0 Å². The maximum absolute atomic E-state index is 9.36. The Labute approximate surface area is 104 Å². The zero-order chi connectivity index (χ0) is 12.7. The van der Waals surface area contributed by atoms with Crippen LogP contribution in [0.1, 0.15) is 32.8 Å². The van der Waals surface area contributed by atoms with E-state index in [0.29, 0.717) is 12.5 Å². The zero-order valence-electron chi connectivity index (χ0n) is 10.9. The van der Waals surface area contributed by atoms with Gasteiger partial charge < -0.3 is 9.84 Å². The van der Waals surface area contributed by atoms with Crippen molar-refractivity contribution in [3.05, 3.63) is 35.9 Å². The van der Waals surface area contributed by atoms with Gasteiger partial charge in [-0.25, -0.2) is 0 Å². The number of rotatable bonds is 6. The van der Waals surface area contributed by atoms with Gasteiger partial charge in [0.25, 0.3) is 0 Å². The summed E-state index contributed by atoms with van der Waals surface area (Å²) in [5, 5.41) is 9.36. The highest BCUT2D eigenvalue weighted by Gasteiger charge is 2.05. The molecule has 0 aliphatic heterocycles. The summed E-state index contributed by atoms with van der Waals surface area (Å²) < 4.78 is 5.38. The Kier molecular flexibility index (Phi) is 5.78. The monoisotopic (exact) mass is 234 g/mol. The van der Waals surface area contributed by atoms with Crippen LogP contribution in [0.25, 0.3) is 6.08 Å². The molecule has 0 unspecified atom stereocenters. The predicted octanol–water partition coefficient (Wildman–Crippen LogP) is 3.51. The van der Waals surface area contributed by atoms with Crippen molar-refractivity contribution in [1.29, 1.82) is 0 Å². The van der Waals surface area contributed by atoms with Gasteiger partial charge >= 0.3 is 0 Å². The highest BCUT2D eigenvalue weighted by molar-refractivity contribution is 5.50. The molecule has 0 aromatic heterocycles. The Morgan fingerprint density at radius 2 is 1.88 bits per heavy atom. The van der Waals surface area contributed by atoms with Crippen LogP contribution in [0.3, 0.4) is 0 Å². The fourth-order valence-electron chi connectivity index (χ4n) is 1.46. The molecule has 0 spiro atoms. The summed E-state index contributed by atoms with van der Waals surface area (Å²) in [7, 11) is 0. The van der Waals surface area contributed by atoms with Gasteiger partial charge in [0, 0.05) is 0 Å². The third-order valence-electron chi connectivity index (χ3n) is 2.83. The summed E-state index contributed by atoms with van der Waals surface area (Å²) >= 11 is 0. The number of aliphatic hydroxyl groups excluding tert-OH is 1. The van der Waals surface area contributed by atoms with Crippen LogP contribution < -0.4 is 4.74 Å². The van der Waals surface area contributed by atoms with Gasteiger partial charge in [-0.15, -0.1) is 0 Å². The first-order chi connectivity index (χ1) is 8.13. The molecule has 0 saturated heterocycles. The second-order valence-electron chi connectivity index (χ2n) is 4.36. The van der Waals surface area contributed by atoms with Gasteiger partial charge in [-0.05, 0) is 43.9 Å². The van der Waals surface area contributed by atoms with E-state index in [1.807, 2.05) is 45.0 Å². The van der Waals surface area contributed by atoms with Gasteiger partial charge in [-0.2, -0.15) is 0 Å². The largest absolute Gasteiger partial charge is 0.494 e. The van der Waals surface area contributed by atoms with Crippen LogP contribution in [0, 0.1) is 5.92 Å². The summed E-state index contributed by atoms with van der Waals surface area (Å²) in [6.45, 7) is 6.55. The molecular weight excluding hydrogens is 212 g/mol. The van der Waals surface area contributed by atoms with Crippen molar-refractivity contribution in [2.24, 2.45) is 5.92 Å². The molecule has 94 valence electrons. The average molecular weight is 234 g/mol. The first-order valence-corrected chi connectivity index (χ1v) is 6.21. The van der Waals surface area contributed by atoms with Gasteiger partial charge in [-0.3, -0.25) is 0 Å². The molecule has 1 aromatic rings. The number of hydrogen-bond donors (Lipinski definition) is 1. The molecule has 1 rings (SSSR count). The van der Waals surface area contributed by atoms with Gasteiger partial charge in [-0.1, -0.05) is 31.2 Å². The minimum absolute atomic E-state index is 0.250. The van der Waals surface area contributed by atoms with E-state index >= 15 is 0 Å². The molecule has 17 heavy (non-hydrogen) atoms. The normalized spacial score (nSPS) is 14.8. The lowest BCUT2D eigenvalue weighted by molar-refractivity contribution is 0.136. The lowest BCUT2D eigenvalue weighted by atomic mass is 10.0. The minimum Gasteiger partial charge on any atom is -0.494 e. The topological polar surface area (TPSA) is 29.5 Å². The maximum Gasteiger partial charge on any atom is 0.119 e. The third-order valence-corrected chi connectivity index (χ3v) is 2.83. The molecule has 2 nitrogen and oxygen atoms in total. The van der Waals surface area contributed by atoms with Crippen LogP contribution in [-0.2, 0) is 0 Å². The fraction of sp³-hybridized carbons (Fsp3) is 0.467. The Bertz CT molecular complexity index is 338. The van der Waals surface area contributed by atoms with Crippen molar-refractivity contribution >= 4 is 6.08 Å². The third kappa shape index (κ3) is 5.05. The first kappa shape index (κ1) is 13.8. The molecule has 0 saturated carbocycles. The zero-order valence-corrected chi connectivity index (χ0v) is 10.9. The molecule has 0 amide bonds. The Hall–Kier alpha value is -1.28. The minimum atomic E-state index is -0.250. The molecule has 1 N–H and O–H groups in total. The van der Waals surface area contributed by atoms with E-state index in [1.165, 1.54) is 0 Å². The van der Waals surface area contributed by atoms with E-state index in [-0.39, 0.29) is 6.10 Å². The summed E-state index contributed by atoms with van der Waals surface area (Å²) in [6, 6.07) is 8.02. The van der Waals surface area contributed by atoms with Crippen molar-refractivity contribution < 1.29 is 9.84 Å². The Balaban J connectivity index is 2.48. The van der Waals surface area contributed by atoms with E-state index in [0.717, 1.165) is 17.7 Å². The number of allylic oxidation sites excluding steroid dienone is 1. The van der Waals surface area contributed by atoms with Crippen LogP contribution in [0.5, 0.6) is 5.75 Å². The van der Waals surface area contributed by atoms with Crippen molar-refractivity contribution in [2.45, 2.75) is 33.3 Å². The quantitative estimate of drug-likeness (QED) is 0.816. The van der Waals surface area contributed by atoms with Crippen molar-refractivity contribution in [1.82, 2.24) is 0 Å². The van der Waals surface area contributed by atoms with Gasteiger partial charge in [0.05, 0.1) is 12.7 Å². The lowest BCUT2D eigenvalue weighted by Gasteiger charge is -2.11. The van der Waals surface area contributed by atoms with E-state index in [2.05, 4.69) is 12.2 Å². The number of benzene rings is 1. The number of aliphatic hydroxyl groups is 1. The summed E-state index contributed by atoms with van der Waals surface area (Å²) in [6.07, 6.45) is 4.83. The second kappa shape index (κ2) is 7.13. The molecule has 0 radical (unpaired) electrons. The fourth-order valence-corrected chi connectivity index (χ4v) is 1.46. The standard InChI is InChI=1S/C15H22O2/c1-4-17-15-10-8-14(9-11-15)7-5-6-12(2)13(3)16/h5,7-13,16H,4,6H2,1-3H3/b7-5+/t12-,13-/m1/s1. The van der Waals surface area contributed by atoms with Crippen LogP contribution in [0.15, 0.2) is 30.3 Å². The van der Waals surface area contributed by atoms with Gasteiger partial charge in [0.1, 0.15) is 5.75 Å². The Morgan fingerprint density at radius 3 is 2.41 bits per heavy atom. The molecular formula is C15H22O2. The number of hydrogen-bond acceptors (Lipinski definition) is 2. The molecule has 0 aliphatic rings. The van der Waals surface area contributed by atoms with Crippen molar-refractivity contribution in [3.63, 3.8) is 0 Å². The van der Waals surface area contributed by atoms with Crippen molar-refractivity contribution in [2.75, 3.05) is 6.61 Å². The molecule has 0 fully saturated rings. The second-order valence-corrected chi connectivity index (χ2v) is 4.36. The van der Waals surface area contributed by atoms with Gasteiger partial charge in [0.15, 0.2) is 0 Å². The summed E-state index contributed by atoms with van der Waals surface area (Å²) in [5.74, 6) is 1.20. The maximum atomic E-state index is 9.36. The van der Waals surface area contributed by atoms with Gasteiger partial charge in [0.2, 0.25) is 0 Å². The average Bonchev–Trinajstić information content (AvgIpc) is 2.31. The number of ether oxygens (including phenoxy) is 1. The van der Waals surface area contributed by atoms with E-state index in [1.54, 1.807) is 0 Å². The predicted molar refractivity (Wildman–Crippen MR) is 72.1 cm³/mol. The van der Waals surface area contributed by atoms with Crippen molar-refractivity contribution in [3.8, 4) is 5.75 Å². The van der Waals surface area contributed by atoms with Crippen LogP contribution in [0.4, 0.5) is 0 Å². The van der Waals surface area contributed by atoms with E-state index in [9.17, 15) is 5.11 Å². The van der Waals surface area contributed by atoms with Crippen LogP contribution >= 0.6 is 0 Å². The molecule has 2 atom stereocenters. The Morgan fingerprint density at radius 1 is 1.24 bits per heavy atom. The summed E-state index contributed by atoms with van der Waals surface area (Å²) in [5.41, 5.74) is 1.16. The summed E-state index contributed by atoms with van der Waals surface area (Å²) in [4.78, 5) is 0. The molecule has 0 bridgehead atoms. The van der Waals surface area contributed by atoms with E-state index in [4.69, 9.17) is 4.74 Å². The smallest absolute Gasteiger partial charge is 0.119 e. The first-order valence-electron chi connectivity index (χ1n) is 6.21. The highest BCUT2D eigenvalue weighted by atomic mass is 16.5. The van der Waals surface area contributed by atoms with Crippen LogP contribution in [0.2, 0.25) is 0 Å². The highest BCUT2D eigenvalue weighted by Crippen LogP contribution is 2.14. The molecule has 0 aliphatic carbocycles. The molecule has 1 aromatic carbocycles. The molecule has 0 heterocycles.